The average Bonchev–Trinajstić information content (AvgIpc) is 2.14. The molecule has 0 spiro atoms. The Morgan fingerprint density at radius 3 is 2.57 bits per heavy atom. The molecule has 0 saturated heterocycles. The summed E-state index contributed by atoms with van der Waals surface area (Å²) in [5, 5.41) is 3.20. The maximum atomic E-state index is 5.85. The van der Waals surface area contributed by atoms with Crippen molar-refractivity contribution in [3.63, 3.8) is 0 Å². The smallest absolute Gasteiger partial charge is 0.125 e. The van der Waals surface area contributed by atoms with Gasteiger partial charge in [-0.3, -0.25) is 0 Å². The fraction of sp³-hybridized carbons (Fsp3) is 0.545. The molecule has 0 aromatic carbocycles. The van der Waals surface area contributed by atoms with E-state index in [-0.39, 0.29) is 5.54 Å². The Balaban J connectivity index is 2.52. The van der Waals surface area contributed by atoms with Crippen molar-refractivity contribution in [2.45, 2.75) is 32.7 Å². The van der Waals surface area contributed by atoms with E-state index in [1.807, 2.05) is 26.1 Å². The quantitative estimate of drug-likeness (QED) is 0.766. The number of hydrogen-bond acceptors (Lipinski definition) is 3. The SMILES string of the molecule is CCc1ccc(NCC(C)(C)N)nc1. The van der Waals surface area contributed by atoms with E-state index < -0.39 is 0 Å². The lowest BCUT2D eigenvalue weighted by atomic mass is 10.1. The number of anilines is 1. The molecule has 0 bridgehead atoms. The van der Waals surface area contributed by atoms with Crippen molar-refractivity contribution < 1.29 is 0 Å². The summed E-state index contributed by atoms with van der Waals surface area (Å²) in [6.07, 6.45) is 2.92. The fourth-order valence-corrected chi connectivity index (χ4v) is 1.06. The van der Waals surface area contributed by atoms with E-state index in [0.717, 1.165) is 18.8 Å². The molecule has 1 heterocycles. The zero-order valence-corrected chi connectivity index (χ0v) is 9.17. The maximum absolute atomic E-state index is 5.85. The van der Waals surface area contributed by atoms with Gasteiger partial charge in [0.15, 0.2) is 0 Å². The molecular weight excluding hydrogens is 174 g/mol. The molecule has 3 heteroatoms. The van der Waals surface area contributed by atoms with Gasteiger partial charge in [-0.15, -0.1) is 0 Å². The Morgan fingerprint density at radius 1 is 1.43 bits per heavy atom. The van der Waals surface area contributed by atoms with Crippen LogP contribution in [0.2, 0.25) is 0 Å². The zero-order valence-electron chi connectivity index (χ0n) is 9.17. The molecule has 0 radical (unpaired) electrons. The Labute approximate surface area is 85.7 Å². The van der Waals surface area contributed by atoms with Gasteiger partial charge in [-0.05, 0) is 31.9 Å². The van der Waals surface area contributed by atoms with Crippen LogP contribution in [-0.2, 0) is 6.42 Å². The van der Waals surface area contributed by atoms with E-state index in [0.29, 0.717) is 0 Å². The van der Waals surface area contributed by atoms with Gasteiger partial charge in [-0.25, -0.2) is 4.98 Å². The monoisotopic (exact) mass is 193 g/mol. The van der Waals surface area contributed by atoms with Crippen LogP contribution >= 0.6 is 0 Å². The van der Waals surface area contributed by atoms with E-state index in [1.165, 1.54) is 5.56 Å². The third-order valence-corrected chi connectivity index (χ3v) is 1.96. The molecule has 0 aliphatic carbocycles. The number of aryl methyl sites for hydroxylation is 1. The van der Waals surface area contributed by atoms with Crippen molar-refractivity contribution in [1.82, 2.24) is 4.98 Å². The Hall–Kier alpha value is -1.09. The van der Waals surface area contributed by atoms with Gasteiger partial charge >= 0.3 is 0 Å². The van der Waals surface area contributed by atoms with E-state index >= 15 is 0 Å². The van der Waals surface area contributed by atoms with Gasteiger partial charge in [0, 0.05) is 18.3 Å². The van der Waals surface area contributed by atoms with E-state index in [9.17, 15) is 0 Å². The average molecular weight is 193 g/mol. The molecular formula is C11H19N3. The molecule has 14 heavy (non-hydrogen) atoms. The van der Waals surface area contributed by atoms with Crippen LogP contribution in [0.15, 0.2) is 18.3 Å². The second kappa shape index (κ2) is 4.42. The lowest BCUT2D eigenvalue weighted by Crippen LogP contribution is -2.39. The van der Waals surface area contributed by atoms with E-state index in [2.05, 4.69) is 23.3 Å². The zero-order chi connectivity index (χ0) is 10.6. The Kier molecular flexibility index (Phi) is 3.47. The van der Waals surface area contributed by atoms with Crippen LogP contribution in [-0.4, -0.2) is 17.1 Å². The van der Waals surface area contributed by atoms with E-state index in [4.69, 9.17) is 5.73 Å². The summed E-state index contributed by atoms with van der Waals surface area (Å²) in [5.41, 5.74) is 6.90. The Morgan fingerprint density at radius 2 is 2.14 bits per heavy atom. The molecule has 3 N–H and O–H groups in total. The van der Waals surface area contributed by atoms with Crippen LogP contribution in [0, 0.1) is 0 Å². The summed E-state index contributed by atoms with van der Waals surface area (Å²) in [7, 11) is 0. The number of nitrogens with zero attached hydrogens (tertiary/aromatic N) is 1. The van der Waals surface area contributed by atoms with Crippen LogP contribution in [0.5, 0.6) is 0 Å². The lowest BCUT2D eigenvalue weighted by Gasteiger charge is -2.19. The predicted octanol–water partition coefficient (Wildman–Crippen LogP) is 1.79. The second-order valence-corrected chi connectivity index (χ2v) is 4.25. The molecule has 0 atom stereocenters. The molecule has 1 aromatic heterocycles. The van der Waals surface area contributed by atoms with Crippen molar-refractivity contribution >= 4 is 5.82 Å². The first-order valence-corrected chi connectivity index (χ1v) is 4.99. The largest absolute Gasteiger partial charge is 0.368 e. The highest BCUT2D eigenvalue weighted by molar-refractivity contribution is 5.35. The van der Waals surface area contributed by atoms with Gasteiger partial charge < -0.3 is 11.1 Å². The van der Waals surface area contributed by atoms with Gasteiger partial charge in [-0.1, -0.05) is 13.0 Å². The minimum atomic E-state index is -0.203. The molecule has 0 saturated carbocycles. The number of aromatic nitrogens is 1. The summed E-state index contributed by atoms with van der Waals surface area (Å²) in [4.78, 5) is 4.29. The van der Waals surface area contributed by atoms with E-state index in [1.54, 1.807) is 0 Å². The lowest BCUT2D eigenvalue weighted by molar-refractivity contribution is 0.548. The molecule has 0 aliphatic heterocycles. The Bertz CT molecular complexity index is 272. The molecule has 1 rings (SSSR count). The number of hydrogen-bond donors (Lipinski definition) is 2. The standard InChI is InChI=1S/C11H19N3/c1-4-9-5-6-10(13-7-9)14-8-11(2,3)12/h5-7H,4,8,12H2,1-3H3,(H,13,14). The first kappa shape index (κ1) is 11.0. The molecule has 1 aromatic rings. The van der Waals surface area contributed by atoms with Crippen LogP contribution in [0.25, 0.3) is 0 Å². The maximum Gasteiger partial charge on any atom is 0.125 e. The molecule has 78 valence electrons. The normalized spacial score (nSPS) is 11.4. The van der Waals surface area contributed by atoms with Gasteiger partial charge in [0.1, 0.15) is 5.82 Å². The third kappa shape index (κ3) is 3.75. The van der Waals surface area contributed by atoms with Crippen molar-refractivity contribution in [3.8, 4) is 0 Å². The predicted molar refractivity (Wildman–Crippen MR) is 60.4 cm³/mol. The summed E-state index contributed by atoms with van der Waals surface area (Å²) >= 11 is 0. The second-order valence-electron chi connectivity index (χ2n) is 4.25. The first-order chi connectivity index (χ1) is 6.51. The minimum absolute atomic E-state index is 0.203. The van der Waals surface area contributed by atoms with Crippen molar-refractivity contribution in [2.24, 2.45) is 5.73 Å². The summed E-state index contributed by atoms with van der Waals surface area (Å²) in [6.45, 7) is 6.82. The third-order valence-electron chi connectivity index (χ3n) is 1.96. The minimum Gasteiger partial charge on any atom is -0.368 e. The number of nitrogens with one attached hydrogen (secondary N) is 1. The molecule has 0 amide bonds. The fourth-order valence-electron chi connectivity index (χ4n) is 1.06. The number of pyridine rings is 1. The molecule has 3 nitrogen and oxygen atoms in total. The number of rotatable bonds is 4. The molecule has 0 aliphatic rings. The van der Waals surface area contributed by atoms with Gasteiger partial charge in [0.25, 0.3) is 0 Å². The van der Waals surface area contributed by atoms with Gasteiger partial charge in [0.05, 0.1) is 0 Å². The topological polar surface area (TPSA) is 50.9 Å². The first-order valence-electron chi connectivity index (χ1n) is 4.99. The van der Waals surface area contributed by atoms with Crippen LogP contribution < -0.4 is 11.1 Å². The van der Waals surface area contributed by atoms with Crippen molar-refractivity contribution in [3.05, 3.63) is 23.9 Å². The number of nitrogens with two attached hydrogens (primary N) is 1. The highest BCUT2D eigenvalue weighted by atomic mass is 15.0. The van der Waals surface area contributed by atoms with Crippen LogP contribution in [0.3, 0.4) is 0 Å². The molecule has 0 fully saturated rings. The highest BCUT2D eigenvalue weighted by Crippen LogP contribution is 2.06. The summed E-state index contributed by atoms with van der Waals surface area (Å²) in [5.74, 6) is 0.890. The van der Waals surface area contributed by atoms with Crippen LogP contribution in [0.1, 0.15) is 26.3 Å². The summed E-state index contributed by atoms with van der Waals surface area (Å²) < 4.78 is 0. The van der Waals surface area contributed by atoms with Gasteiger partial charge in [0.2, 0.25) is 0 Å². The van der Waals surface area contributed by atoms with Crippen molar-refractivity contribution in [2.75, 3.05) is 11.9 Å². The van der Waals surface area contributed by atoms with Crippen molar-refractivity contribution in [1.29, 1.82) is 0 Å². The molecule has 0 unspecified atom stereocenters. The van der Waals surface area contributed by atoms with Crippen LogP contribution in [0.4, 0.5) is 5.82 Å². The summed E-state index contributed by atoms with van der Waals surface area (Å²) in [6, 6.07) is 4.07. The highest BCUT2D eigenvalue weighted by Gasteiger charge is 2.09. The van der Waals surface area contributed by atoms with Gasteiger partial charge in [-0.2, -0.15) is 0 Å².